The summed E-state index contributed by atoms with van der Waals surface area (Å²) in [6.45, 7) is 2.00. The molecule has 1 heterocycles. The quantitative estimate of drug-likeness (QED) is 0.910. The van der Waals surface area contributed by atoms with Crippen LogP contribution < -0.4 is 10.1 Å². The monoisotopic (exact) mass is 254 g/mol. The highest BCUT2D eigenvalue weighted by Gasteiger charge is 2.22. The Labute approximate surface area is 113 Å². The van der Waals surface area contributed by atoms with Crippen molar-refractivity contribution in [3.05, 3.63) is 53.3 Å². The molecule has 3 heteroatoms. The fraction of sp³-hybridized carbons (Fsp3) is 0.312. The first-order valence-corrected chi connectivity index (χ1v) is 6.62. The minimum Gasteiger partial charge on any atom is -0.497 e. The van der Waals surface area contributed by atoms with Gasteiger partial charge in [-0.2, -0.15) is 0 Å². The molecular weight excluding hydrogens is 236 g/mol. The maximum atomic E-state index is 5.31. The second-order valence-corrected chi connectivity index (χ2v) is 4.99. The first kappa shape index (κ1) is 12.0. The Morgan fingerprint density at radius 2 is 2.16 bits per heavy atom. The summed E-state index contributed by atoms with van der Waals surface area (Å²) in [5, 5.41) is 3.56. The van der Waals surface area contributed by atoms with E-state index in [9.17, 15) is 0 Å². The lowest BCUT2D eigenvalue weighted by molar-refractivity contribution is 0.414. The Morgan fingerprint density at radius 3 is 2.89 bits per heavy atom. The summed E-state index contributed by atoms with van der Waals surface area (Å²) in [5.74, 6) is 0.925. The Kier molecular flexibility index (Phi) is 3.11. The number of benzene rings is 1. The van der Waals surface area contributed by atoms with Crippen LogP contribution in [0.1, 0.15) is 29.3 Å². The first-order valence-electron chi connectivity index (χ1n) is 6.62. The zero-order valence-corrected chi connectivity index (χ0v) is 11.3. The van der Waals surface area contributed by atoms with Gasteiger partial charge in [0.15, 0.2) is 0 Å². The molecule has 1 atom stereocenters. The first-order chi connectivity index (χ1) is 9.26. The molecule has 3 nitrogen and oxygen atoms in total. The Hall–Kier alpha value is -2.03. The van der Waals surface area contributed by atoms with Gasteiger partial charge in [-0.15, -0.1) is 0 Å². The molecule has 3 rings (SSSR count). The minimum absolute atomic E-state index is 0.356. The predicted molar refractivity (Wildman–Crippen MR) is 76.7 cm³/mol. The van der Waals surface area contributed by atoms with Crippen molar-refractivity contribution in [1.82, 2.24) is 4.98 Å². The van der Waals surface area contributed by atoms with E-state index >= 15 is 0 Å². The Morgan fingerprint density at radius 1 is 1.26 bits per heavy atom. The lowest BCUT2D eigenvalue weighted by Crippen LogP contribution is -2.07. The number of pyridine rings is 1. The molecule has 19 heavy (non-hydrogen) atoms. The van der Waals surface area contributed by atoms with E-state index in [4.69, 9.17) is 4.74 Å². The third kappa shape index (κ3) is 2.41. The van der Waals surface area contributed by atoms with Crippen molar-refractivity contribution in [2.75, 3.05) is 12.4 Å². The average Bonchev–Trinajstić information content (AvgIpc) is 2.84. The molecule has 0 saturated carbocycles. The highest BCUT2D eigenvalue weighted by molar-refractivity contribution is 5.48. The van der Waals surface area contributed by atoms with Crippen molar-refractivity contribution >= 4 is 5.69 Å². The summed E-state index contributed by atoms with van der Waals surface area (Å²) in [6.07, 6.45) is 4.14. The number of anilines is 1. The average molecular weight is 254 g/mol. The molecule has 1 unspecified atom stereocenters. The molecule has 1 aromatic carbocycles. The van der Waals surface area contributed by atoms with Crippen molar-refractivity contribution in [3.8, 4) is 5.75 Å². The highest BCUT2D eigenvalue weighted by atomic mass is 16.5. The standard InChI is InChI=1S/C16H18N2O/c1-11-3-6-13(10-17-11)18-16-8-5-12-4-7-14(19-2)9-15(12)16/h3-4,6-7,9-10,16,18H,5,8H2,1-2H3. The number of hydrogen-bond donors (Lipinski definition) is 1. The lowest BCUT2D eigenvalue weighted by atomic mass is 10.1. The molecule has 1 aliphatic rings. The van der Waals surface area contributed by atoms with Crippen molar-refractivity contribution in [2.45, 2.75) is 25.8 Å². The van der Waals surface area contributed by atoms with Gasteiger partial charge in [-0.1, -0.05) is 6.07 Å². The van der Waals surface area contributed by atoms with Gasteiger partial charge in [0.2, 0.25) is 0 Å². The van der Waals surface area contributed by atoms with E-state index in [1.807, 2.05) is 25.3 Å². The third-order valence-corrected chi connectivity index (χ3v) is 3.68. The van der Waals surface area contributed by atoms with Gasteiger partial charge in [-0.3, -0.25) is 4.98 Å². The van der Waals surface area contributed by atoms with Gasteiger partial charge in [0.25, 0.3) is 0 Å². The van der Waals surface area contributed by atoms with E-state index in [1.54, 1.807) is 7.11 Å². The van der Waals surface area contributed by atoms with Crippen molar-refractivity contribution < 1.29 is 4.74 Å². The number of nitrogens with one attached hydrogen (secondary N) is 1. The number of aromatic nitrogens is 1. The van der Waals surface area contributed by atoms with Crippen molar-refractivity contribution in [2.24, 2.45) is 0 Å². The van der Waals surface area contributed by atoms with Gasteiger partial charge in [-0.05, 0) is 55.2 Å². The van der Waals surface area contributed by atoms with E-state index in [-0.39, 0.29) is 0 Å². The maximum Gasteiger partial charge on any atom is 0.119 e. The van der Waals surface area contributed by atoms with Gasteiger partial charge in [0, 0.05) is 5.69 Å². The molecule has 1 aromatic heterocycles. The predicted octanol–water partition coefficient (Wildman–Crippen LogP) is 3.50. The summed E-state index contributed by atoms with van der Waals surface area (Å²) in [7, 11) is 1.71. The van der Waals surface area contributed by atoms with Crippen molar-refractivity contribution in [3.63, 3.8) is 0 Å². The van der Waals surface area contributed by atoms with E-state index in [1.165, 1.54) is 11.1 Å². The van der Waals surface area contributed by atoms with Crippen LogP contribution in [-0.2, 0) is 6.42 Å². The van der Waals surface area contributed by atoms with Crippen LogP contribution in [-0.4, -0.2) is 12.1 Å². The van der Waals surface area contributed by atoms with Crippen LogP contribution in [0.25, 0.3) is 0 Å². The molecule has 2 aromatic rings. The van der Waals surface area contributed by atoms with Crippen LogP contribution in [0, 0.1) is 6.92 Å². The Bertz CT molecular complexity index is 578. The molecular formula is C16H18N2O. The number of hydrogen-bond acceptors (Lipinski definition) is 3. The van der Waals surface area contributed by atoms with E-state index in [2.05, 4.69) is 28.5 Å². The van der Waals surface area contributed by atoms with Crippen LogP contribution in [0.2, 0.25) is 0 Å². The van der Waals surface area contributed by atoms with Gasteiger partial charge in [0.1, 0.15) is 5.75 Å². The molecule has 0 fully saturated rings. The van der Waals surface area contributed by atoms with Crippen molar-refractivity contribution in [1.29, 1.82) is 0 Å². The summed E-state index contributed by atoms with van der Waals surface area (Å²) >= 11 is 0. The molecule has 0 bridgehead atoms. The van der Waals surface area contributed by atoms with Crippen LogP contribution in [0.3, 0.4) is 0 Å². The second kappa shape index (κ2) is 4.92. The SMILES string of the molecule is COc1ccc2c(c1)C(Nc1ccc(C)nc1)CC2. The number of nitrogens with zero attached hydrogens (tertiary/aromatic N) is 1. The summed E-state index contributed by atoms with van der Waals surface area (Å²) < 4.78 is 5.31. The van der Waals surface area contributed by atoms with Crippen LogP contribution in [0.4, 0.5) is 5.69 Å². The molecule has 98 valence electrons. The van der Waals surface area contributed by atoms with E-state index < -0.39 is 0 Å². The molecule has 0 spiro atoms. The number of aryl methyl sites for hydroxylation is 2. The number of rotatable bonds is 3. The van der Waals surface area contributed by atoms with E-state index in [0.29, 0.717) is 6.04 Å². The van der Waals surface area contributed by atoms with Gasteiger partial charge in [-0.25, -0.2) is 0 Å². The summed E-state index contributed by atoms with van der Waals surface area (Å²) in [4.78, 5) is 4.32. The lowest BCUT2D eigenvalue weighted by Gasteiger charge is -2.16. The third-order valence-electron chi connectivity index (χ3n) is 3.68. The van der Waals surface area contributed by atoms with Crippen LogP contribution in [0.15, 0.2) is 36.5 Å². The van der Waals surface area contributed by atoms with Gasteiger partial charge >= 0.3 is 0 Å². The largest absolute Gasteiger partial charge is 0.497 e. The fourth-order valence-corrected chi connectivity index (χ4v) is 2.61. The van der Waals surface area contributed by atoms with E-state index in [0.717, 1.165) is 30.0 Å². The molecule has 1 aliphatic carbocycles. The zero-order chi connectivity index (χ0) is 13.2. The number of ether oxygens (including phenoxy) is 1. The smallest absolute Gasteiger partial charge is 0.119 e. The molecule has 0 radical (unpaired) electrons. The zero-order valence-electron chi connectivity index (χ0n) is 11.3. The summed E-state index contributed by atoms with van der Waals surface area (Å²) in [5.41, 5.74) is 4.88. The van der Waals surface area contributed by atoms with Crippen LogP contribution >= 0.6 is 0 Å². The number of methoxy groups -OCH3 is 1. The number of fused-ring (bicyclic) bond motifs is 1. The molecule has 0 aliphatic heterocycles. The highest BCUT2D eigenvalue weighted by Crippen LogP contribution is 2.35. The van der Waals surface area contributed by atoms with Gasteiger partial charge < -0.3 is 10.1 Å². The van der Waals surface area contributed by atoms with Crippen LogP contribution in [0.5, 0.6) is 5.75 Å². The topological polar surface area (TPSA) is 34.1 Å². The minimum atomic E-state index is 0.356. The van der Waals surface area contributed by atoms with Gasteiger partial charge in [0.05, 0.1) is 25.0 Å². The molecule has 0 amide bonds. The maximum absolute atomic E-state index is 5.31. The fourth-order valence-electron chi connectivity index (χ4n) is 2.61. The normalized spacial score (nSPS) is 17.1. The second-order valence-electron chi connectivity index (χ2n) is 4.99. The molecule has 0 saturated heterocycles. The Balaban J connectivity index is 1.83. The summed E-state index contributed by atoms with van der Waals surface area (Å²) in [6, 6.07) is 10.8. The molecule has 1 N–H and O–H groups in total.